The van der Waals surface area contributed by atoms with Crippen LogP contribution in [0.3, 0.4) is 0 Å². The van der Waals surface area contributed by atoms with Crippen molar-refractivity contribution in [2.75, 3.05) is 0 Å². The lowest BCUT2D eigenvalue weighted by molar-refractivity contribution is -0.281. The normalized spacial score (nSPS) is 12.8. The van der Waals surface area contributed by atoms with Crippen molar-refractivity contribution in [1.82, 2.24) is 0 Å². The first-order valence-corrected chi connectivity index (χ1v) is 5.98. The molecule has 0 amide bonds. The molecule has 0 saturated carbocycles. The van der Waals surface area contributed by atoms with Crippen LogP contribution in [0.1, 0.15) is 10.4 Å². The zero-order valence-electron chi connectivity index (χ0n) is 11.8. The highest BCUT2D eigenvalue weighted by atomic mass is 19.4. The Morgan fingerprint density at radius 1 is 0.885 bits per heavy atom. The Morgan fingerprint density at radius 3 is 1.77 bits per heavy atom. The molecule has 0 heterocycles. The molecule has 14 heteroatoms. The average Bonchev–Trinajstić information content (AvgIpc) is 2.34. The molecule has 0 saturated heterocycles. The van der Waals surface area contributed by atoms with Crippen molar-refractivity contribution < 1.29 is 63.7 Å². The monoisotopic (exact) mass is 399 g/mol. The molecule has 0 atom stereocenters. The number of esters is 1. The molecule has 0 aromatic heterocycles. The Hall–Kier alpha value is -2.67. The number of carboxylic acid groups (broad SMARTS) is 1. The first-order chi connectivity index (χ1) is 11.5. The number of hydrogen-bond donors (Lipinski definition) is 0. The van der Waals surface area contributed by atoms with Gasteiger partial charge < -0.3 is 19.4 Å². The van der Waals surface area contributed by atoms with Gasteiger partial charge in [0.1, 0.15) is 0 Å². The Bertz CT molecular complexity index is 676. The lowest BCUT2D eigenvalue weighted by Gasteiger charge is -2.22. The number of carbonyl (C=O) groups excluding carboxylic acids is 2. The van der Waals surface area contributed by atoms with Crippen molar-refractivity contribution in [1.29, 1.82) is 0 Å². The number of halogens is 9. The van der Waals surface area contributed by atoms with Crippen molar-refractivity contribution in [2.45, 2.75) is 18.7 Å². The van der Waals surface area contributed by atoms with Crippen LogP contribution in [0, 0.1) is 5.92 Å². The molecule has 0 bridgehead atoms. The summed E-state index contributed by atoms with van der Waals surface area (Å²) in [6, 6.07) is 0.660. The maximum absolute atomic E-state index is 12.4. The number of aromatic carboxylic acids is 1. The van der Waals surface area contributed by atoms with E-state index in [4.69, 9.17) is 0 Å². The number of rotatable bonds is 4. The van der Waals surface area contributed by atoms with Crippen LogP contribution in [-0.4, -0.2) is 30.7 Å². The molecular formula is C12H4F9O5-. The highest BCUT2D eigenvalue weighted by Crippen LogP contribution is 2.41. The van der Waals surface area contributed by atoms with E-state index < -0.39 is 53.6 Å². The molecule has 0 aliphatic rings. The number of carbonyl (C=O) groups is 2. The third-order valence-corrected chi connectivity index (χ3v) is 2.51. The van der Waals surface area contributed by atoms with Crippen molar-refractivity contribution in [3.8, 4) is 11.5 Å². The Labute approximate surface area is 136 Å². The third-order valence-electron chi connectivity index (χ3n) is 2.51. The number of hydrogen-bond acceptors (Lipinski definition) is 5. The van der Waals surface area contributed by atoms with E-state index in [1.165, 1.54) is 0 Å². The maximum Gasteiger partial charge on any atom is 0.573 e. The third kappa shape index (κ3) is 5.70. The summed E-state index contributed by atoms with van der Waals surface area (Å²) in [6.07, 6.45) is -17.8. The van der Waals surface area contributed by atoms with E-state index >= 15 is 0 Å². The van der Waals surface area contributed by atoms with Gasteiger partial charge in [-0.2, -0.15) is 26.3 Å². The first-order valence-electron chi connectivity index (χ1n) is 5.98. The van der Waals surface area contributed by atoms with Crippen LogP contribution in [-0.2, 0) is 4.79 Å². The summed E-state index contributed by atoms with van der Waals surface area (Å²) >= 11 is 0. The molecule has 5 nitrogen and oxygen atoms in total. The molecule has 1 aromatic rings. The predicted molar refractivity (Wildman–Crippen MR) is 58.7 cm³/mol. The second kappa shape index (κ2) is 6.92. The fourth-order valence-electron chi connectivity index (χ4n) is 1.54. The molecule has 1 aromatic carbocycles. The lowest BCUT2D eigenvalue weighted by Crippen LogP contribution is -2.44. The molecule has 0 radical (unpaired) electrons. The molecular weight excluding hydrogens is 395 g/mol. The Morgan fingerprint density at radius 2 is 1.38 bits per heavy atom. The van der Waals surface area contributed by atoms with Crippen LogP contribution in [0.2, 0.25) is 0 Å². The minimum absolute atomic E-state index is 0.0433. The smallest absolute Gasteiger partial charge is 0.545 e. The summed E-state index contributed by atoms with van der Waals surface area (Å²) < 4.78 is 118. The largest absolute Gasteiger partial charge is 0.573 e. The van der Waals surface area contributed by atoms with Crippen LogP contribution in [0.15, 0.2) is 18.2 Å². The van der Waals surface area contributed by atoms with Crippen molar-refractivity contribution in [3.05, 3.63) is 23.8 Å². The number of benzene rings is 1. The lowest BCUT2D eigenvalue weighted by atomic mass is 10.1. The van der Waals surface area contributed by atoms with E-state index in [1.807, 2.05) is 0 Å². The maximum atomic E-state index is 12.4. The van der Waals surface area contributed by atoms with Gasteiger partial charge in [-0.05, 0) is 18.2 Å². The van der Waals surface area contributed by atoms with Gasteiger partial charge in [0, 0.05) is 5.56 Å². The van der Waals surface area contributed by atoms with E-state index in [-0.39, 0.29) is 12.1 Å². The van der Waals surface area contributed by atoms with Crippen LogP contribution >= 0.6 is 0 Å². The van der Waals surface area contributed by atoms with Gasteiger partial charge in [-0.3, -0.25) is 4.79 Å². The molecule has 1 rings (SSSR count). The minimum atomic E-state index is -6.15. The summed E-state index contributed by atoms with van der Waals surface area (Å²) in [5, 5.41) is 10.6. The zero-order chi connectivity index (χ0) is 20.5. The molecule has 0 spiro atoms. The molecule has 146 valence electrons. The van der Waals surface area contributed by atoms with Crippen LogP contribution in [0.4, 0.5) is 39.5 Å². The summed E-state index contributed by atoms with van der Waals surface area (Å²) in [5.41, 5.74) is -0.979. The molecule has 26 heavy (non-hydrogen) atoms. The van der Waals surface area contributed by atoms with E-state index in [2.05, 4.69) is 9.47 Å². The van der Waals surface area contributed by atoms with E-state index in [0.29, 0.717) is 6.07 Å². The Balaban J connectivity index is 3.29. The molecule has 0 aliphatic heterocycles. The second-order valence-electron chi connectivity index (χ2n) is 4.43. The van der Waals surface area contributed by atoms with Gasteiger partial charge in [-0.1, -0.05) is 0 Å². The average molecular weight is 399 g/mol. The number of ether oxygens (including phenoxy) is 2. The van der Waals surface area contributed by atoms with Gasteiger partial charge in [-0.15, -0.1) is 13.2 Å². The van der Waals surface area contributed by atoms with Crippen LogP contribution < -0.4 is 14.6 Å². The van der Waals surface area contributed by atoms with Gasteiger partial charge in [0.15, 0.2) is 11.5 Å². The molecule has 0 aliphatic carbocycles. The fourth-order valence-corrected chi connectivity index (χ4v) is 1.54. The molecule has 0 fully saturated rings. The van der Waals surface area contributed by atoms with E-state index in [9.17, 15) is 54.2 Å². The highest BCUT2D eigenvalue weighted by Gasteiger charge is 2.62. The predicted octanol–water partition coefficient (Wildman–Crippen LogP) is 2.59. The van der Waals surface area contributed by atoms with Gasteiger partial charge in [0.25, 0.3) is 0 Å². The highest BCUT2D eigenvalue weighted by molar-refractivity contribution is 5.87. The first kappa shape index (κ1) is 21.4. The zero-order valence-corrected chi connectivity index (χ0v) is 11.8. The standard InChI is InChI=1S/C12H5F9O5/c13-10(14,15)7(11(16,17)18)9(24)25-5-2-1-4(8(22)23)3-6(5)26-12(19,20)21/h1-3,7H,(H,22,23)/p-1. The Kier molecular flexibility index (Phi) is 5.68. The van der Waals surface area contributed by atoms with Crippen molar-refractivity contribution in [2.24, 2.45) is 5.92 Å². The van der Waals surface area contributed by atoms with Crippen molar-refractivity contribution >= 4 is 11.9 Å². The van der Waals surface area contributed by atoms with E-state index in [1.54, 1.807) is 0 Å². The topological polar surface area (TPSA) is 75.7 Å². The second-order valence-corrected chi connectivity index (χ2v) is 4.43. The van der Waals surface area contributed by atoms with Gasteiger partial charge in [0.2, 0.25) is 5.92 Å². The van der Waals surface area contributed by atoms with Gasteiger partial charge in [-0.25, -0.2) is 0 Å². The van der Waals surface area contributed by atoms with Crippen LogP contribution in [0.5, 0.6) is 11.5 Å². The number of alkyl halides is 9. The minimum Gasteiger partial charge on any atom is -0.545 e. The van der Waals surface area contributed by atoms with E-state index in [0.717, 1.165) is 0 Å². The summed E-state index contributed by atoms with van der Waals surface area (Å²) in [5.74, 6) is -12.8. The molecule has 0 unspecified atom stereocenters. The summed E-state index contributed by atoms with van der Waals surface area (Å²) in [7, 11) is 0. The summed E-state index contributed by atoms with van der Waals surface area (Å²) in [4.78, 5) is 21.8. The van der Waals surface area contributed by atoms with Gasteiger partial charge >= 0.3 is 24.7 Å². The van der Waals surface area contributed by atoms with Crippen molar-refractivity contribution in [3.63, 3.8) is 0 Å². The van der Waals surface area contributed by atoms with Gasteiger partial charge in [0.05, 0.1) is 5.97 Å². The van der Waals surface area contributed by atoms with Crippen LogP contribution in [0.25, 0.3) is 0 Å². The SMILES string of the molecule is O=C([O-])c1ccc(OC(=O)C(C(F)(F)F)C(F)(F)F)c(OC(F)(F)F)c1. The molecule has 0 N–H and O–H groups in total. The quantitative estimate of drug-likeness (QED) is 0.442. The summed E-state index contributed by atoms with van der Waals surface area (Å²) in [6.45, 7) is 0. The fraction of sp³-hybridized carbons (Fsp3) is 0.333. The number of carboxylic acids is 1.